The lowest BCUT2D eigenvalue weighted by Crippen LogP contribution is -2.46. The number of rotatable bonds is 5. The summed E-state index contributed by atoms with van der Waals surface area (Å²) in [7, 11) is -3.36. The molecule has 0 radical (unpaired) electrons. The number of carbonyl (C=O) groups excluding carboxylic acids is 1. The van der Waals surface area contributed by atoms with Crippen LogP contribution in [0.3, 0.4) is 0 Å². The van der Waals surface area contributed by atoms with Crippen molar-refractivity contribution in [3.8, 4) is 11.1 Å². The van der Waals surface area contributed by atoms with E-state index in [1.807, 2.05) is 42.5 Å². The van der Waals surface area contributed by atoms with Crippen molar-refractivity contribution in [2.24, 2.45) is 5.92 Å². The molecule has 0 unspecified atom stereocenters. The number of benzene rings is 2. The highest BCUT2D eigenvalue weighted by molar-refractivity contribution is 7.90. The molecule has 1 saturated carbocycles. The van der Waals surface area contributed by atoms with Gasteiger partial charge in [0, 0.05) is 17.6 Å². The molecule has 0 aliphatic heterocycles. The normalized spacial score (nSPS) is 20.2. The van der Waals surface area contributed by atoms with Gasteiger partial charge in [0.25, 0.3) is 0 Å². The molecule has 6 heteroatoms. The molecule has 0 atom stereocenters. The summed E-state index contributed by atoms with van der Waals surface area (Å²) in [6.45, 7) is 5.08. The van der Waals surface area contributed by atoms with E-state index in [1.54, 1.807) is 20.8 Å². The van der Waals surface area contributed by atoms with Crippen LogP contribution in [0.5, 0.6) is 0 Å². The third-order valence-electron chi connectivity index (χ3n) is 5.49. The van der Waals surface area contributed by atoms with Crippen molar-refractivity contribution in [1.29, 1.82) is 0 Å². The first kappa shape index (κ1) is 21.5. The average molecular weight is 415 g/mol. The summed E-state index contributed by atoms with van der Waals surface area (Å²) >= 11 is 0. The fourth-order valence-corrected chi connectivity index (χ4v) is 4.52. The predicted molar refractivity (Wildman–Crippen MR) is 118 cm³/mol. The van der Waals surface area contributed by atoms with E-state index in [2.05, 4.69) is 22.2 Å². The molecule has 2 aromatic rings. The number of nitrogens with one attached hydrogen (secondary N) is 2. The van der Waals surface area contributed by atoms with Crippen LogP contribution in [0.25, 0.3) is 11.1 Å². The van der Waals surface area contributed by atoms with E-state index in [4.69, 9.17) is 0 Å². The Bertz CT molecular complexity index is 924. The second kappa shape index (κ2) is 8.67. The first-order chi connectivity index (χ1) is 13.7. The van der Waals surface area contributed by atoms with Crippen molar-refractivity contribution in [3.63, 3.8) is 0 Å². The minimum Gasteiger partial charge on any atom is -0.326 e. The monoisotopic (exact) mass is 414 g/mol. The highest BCUT2D eigenvalue weighted by atomic mass is 32.2. The lowest BCUT2D eigenvalue weighted by atomic mass is 9.86. The van der Waals surface area contributed by atoms with E-state index < -0.39 is 14.8 Å². The molecule has 1 aliphatic carbocycles. The molecule has 3 rings (SSSR count). The topological polar surface area (TPSA) is 75.3 Å². The first-order valence-electron chi connectivity index (χ1n) is 10.1. The van der Waals surface area contributed by atoms with Gasteiger partial charge in [0.1, 0.15) is 0 Å². The maximum absolute atomic E-state index is 12.6. The van der Waals surface area contributed by atoms with Crippen LogP contribution in [0.2, 0.25) is 0 Å². The van der Waals surface area contributed by atoms with Gasteiger partial charge in [-0.3, -0.25) is 4.79 Å². The molecular formula is C23H30N2O3S. The van der Waals surface area contributed by atoms with E-state index >= 15 is 0 Å². The first-order valence-corrected chi connectivity index (χ1v) is 11.6. The van der Waals surface area contributed by atoms with Gasteiger partial charge in [-0.1, -0.05) is 42.5 Å². The Morgan fingerprint density at radius 3 is 1.97 bits per heavy atom. The fourth-order valence-electron chi connectivity index (χ4n) is 3.49. The fraction of sp³-hybridized carbons (Fsp3) is 0.435. The SMILES string of the molecule is CC(C)(C)S(=O)(=O)N[C@H]1CC[C@H](C(=O)Nc2ccc(-c3ccccc3)cc2)CC1. The van der Waals surface area contributed by atoms with Crippen LogP contribution in [0.1, 0.15) is 46.5 Å². The second-order valence-electron chi connectivity index (χ2n) is 8.71. The number of sulfonamides is 1. The molecule has 0 saturated heterocycles. The summed E-state index contributed by atoms with van der Waals surface area (Å²) in [4.78, 5) is 12.6. The molecule has 156 valence electrons. The molecule has 1 aliphatic rings. The van der Waals surface area contributed by atoms with Crippen molar-refractivity contribution >= 4 is 21.6 Å². The molecular weight excluding hydrogens is 384 g/mol. The molecule has 2 aromatic carbocycles. The molecule has 0 heterocycles. The van der Waals surface area contributed by atoms with Crippen molar-refractivity contribution in [3.05, 3.63) is 54.6 Å². The van der Waals surface area contributed by atoms with Crippen molar-refractivity contribution in [2.75, 3.05) is 5.32 Å². The van der Waals surface area contributed by atoms with Crippen LogP contribution in [0.15, 0.2) is 54.6 Å². The summed E-state index contributed by atoms with van der Waals surface area (Å²) in [6, 6.07) is 17.9. The number of hydrogen-bond acceptors (Lipinski definition) is 3. The number of anilines is 1. The van der Waals surface area contributed by atoms with Crippen molar-refractivity contribution < 1.29 is 13.2 Å². The zero-order chi connectivity index (χ0) is 21.1. The van der Waals surface area contributed by atoms with Gasteiger partial charge in [-0.15, -0.1) is 0 Å². The van der Waals surface area contributed by atoms with Gasteiger partial charge in [-0.25, -0.2) is 13.1 Å². The summed E-state index contributed by atoms with van der Waals surface area (Å²) in [6.07, 6.45) is 2.73. The van der Waals surface area contributed by atoms with Gasteiger partial charge in [0.15, 0.2) is 0 Å². The highest BCUT2D eigenvalue weighted by Crippen LogP contribution is 2.28. The molecule has 0 aromatic heterocycles. The lowest BCUT2D eigenvalue weighted by Gasteiger charge is -2.30. The Kier molecular flexibility index (Phi) is 6.44. The Labute approximate surface area is 174 Å². The third-order valence-corrected chi connectivity index (χ3v) is 7.74. The Balaban J connectivity index is 1.52. The van der Waals surface area contributed by atoms with Crippen LogP contribution >= 0.6 is 0 Å². The second-order valence-corrected chi connectivity index (χ2v) is 11.2. The molecule has 1 amide bonds. The van der Waals surface area contributed by atoms with Crippen LogP contribution in [0, 0.1) is 5.92 Å². The number of amides is 1. The van der Waals surface area contributed by atoms with E-state index in [1.165, 1.54) is 0 Å². The summed E-state index contributed by atoms with van der Waals surface area (Å²) in [5.74, 6) is -0.0752. The molecule has 2 N–H and O–H groups in total. The van der Waals surface area contributed by atoms with Gasteiger partial charge >= 0.3 is 0 Å². The molecule has 0 spiro atoms. The van der Waals surface area contributed by atoms with E-state index in [9.17, 15) is 13.2 Å². The summed E-state index contributed by atoms with van der Waals surface area (Å²) in [5.41, 5.74) is 3.03. The minimum absolute atomic E-state index is 0.00888. The van der Waals surface area contributed by atoms with Crippen LogP contribution in [-0.2, 0) is 14.8 Å². The summed E-state index contributed by atoms with van der Waals surface area (Å²) in [5, 5.41) is 3.00. The van der Waals surface area contributed by atoms with Gasteiger partial charge in [-0.2, -0.15) is 0 Å². The van der Waals surface area contributed by atoms with Gasteiger partial charge in [-0.05, 0) is 69.7 Å². The van der Waals surface area contributed by atoms with Crippen molar-refractivity contribution in [1.82, 2.24) is 4.72 Å². The van der Waals surface area contributed by atoms with Gasteiger partial charge < -0.3 is 5.32 Å². The largest absolute Gasteiger partial charge is 0.326 e. The van der Waals surface area contributed by atoms with Crippen LogP contribution < -0.4 is 10.0 Å². The summed E-state index contributed by atoms with van der Waals surface area (Å²) < 4.78 is 26.6. The van der Waals surface area contributed by atoms with Crippen LogP contribution in [-0.4, -0.2) is 25.1 Å². The van der Waals surface area contributed by atoms with Gasteiger partial charge in [0.2, 0.25) is 15.9 Å². The van der Waals surface area contributed by atoms with E-state index in [0.717, 1.165) is 16.8 Å². The number of carbonyl (C=O) groups is 1. The lowest BCUT2D eigenvalue weighted by molar-refractivity contribution is -0.120. The maximum atomic E-state index is 12.6. The van der Waals surface area contributed by atoms with E-state index in [0.29, 0.717) is 25.7 Å². The standard InChI is InChI=1S/C23H30N2O3S/c1-23(2,3)29(27,28)25-21-15-11-19(12-16-21)22(26)24-20-13-9-18(10-14-20)17-7-5-4-6-8-17/h4-10,13-14,19,21,25H,11-12,15-16H2,1-3H3,(H,24,26)/t19-,21-. The minimum atomic E-state index is -3.36. The number of hydrogen-bond donors (Lipinski definition) is 2. The average Bonchev–Trinajstić information content (AvgIpc) is 2.68. The Morgan fingerprint density at radius 2 is 1.41 bits per heavy atom. The molecule has 0 bridgehead atoms. The molecule has 5 nitrogen and oxygen atoms in total. The Hall–Kier alpha value is -2.18. The highest BCUT2D eigenvalue weighted by Gasteiger charge is 2.34. The van der Waals surface area contributed by atoms with E-state index in [-0.39, 0.29) is 17.9 Å². The molecule has 1 fully saturated rings. The molecule has 29 heavy (non-hydrogen) atoms. The zero-order valence-electron chi connectivity index (χ0n) is 17.3. The smallest absolute Gasteiger partial charge is 0.227 e. The Morgan fingerprint density at radius 1 is 0.862 bits per heavy atom. The predicted octanol–water partition coefficient (Wildman–Crippen LogP) is 4.57. The van der Waals surface area contributed by atoms with Gasteiger partial charge in [0.05, 0.1) is 4.75 Å². The third kappa shape index (κ3) is 5.46. The van der Waals surface area contributed by atoms with Crippen LogP contribution in [0.4, 0.5) is 5.69 Å². The maximum Gasteiger partial charge on any atom is 0.227 e. The quantitative estimate of drug-likeness (QED) is 0.753. The zero-order valence-corrected chi connectivity index (χ0v) is 18.1. The van der Waals surface area contributed by atoms with Crippen molar-refractivity contribution in [2.45, 2.75) is 57.2 Å².